The number of imide groups is 1. The Labute approximate surface area is 144 Å². The number of amides is 2. The molecule has 7 heteroatoms. The average molecular weight is 337 g/mol. The van der Waals surface area contributed by atoms with Crippen molar-refractivity contribution in [1.82, 2.24) is 4.90 Å². The Kier molecular flexibility index (Phi) is 4.65. The van der Waals surface area contributed by atoms with Gasteiger partial charge in [-0.25, -0.2) is 9.69 Å². The van der Waals surface area contributed by atoms with Crippen molar-refractivity contribution in [2.75, 3.05) is 0 Å². The summed E-state index contributed by atoms with van der Waals surface area (Å²) in [7, 11) is -0.567. The number of rotatable bonds is 1. The normalized spacial score (nSPS) is 26.4. The third-order valence-electron chi connectivity index (χ3n) is 4.66. The molecule has 2 rings (SSSR count). The van der Waals surface area contributed by atoms with Gasteiger partial charge < -0.3 is 14.0 Å². The van der Waals surface area contributed by atoms with Crippen molar-refractivity contribution in [1.29, 1.82) is 0 Å². The van der Waals surface area contributed by atoms with Crippen molar-refractivity contribution in [3.63, 3.8) is 0 Å². The van der Waals surface area contributed by atoms with Gasteiger partial charge in [0, 0.05) is 6.04 Å². The molecule has 0 saturated carbocycles. The van der Waals surface area contributed by atoms with Crippen LogP contribution in [-0.4, -0.2) is 46.9 Å². The summed E-state index contributed by atoms with van der Waals surface area (Å²) < 4.78 is 17.3. The van der Waals surface area contributed by atoms with Crippen LogP contribution in [0.2, 0.25) is 0 Å². The van der Waals surface area contributed by atoms with Gasteiger partial charge in [-0.1, -0.05) is 0 Å². The summed E-state index contributed by atoms with van der Waals surface area (Å²) in [5.74, 6) is -0.396. The Bertz CT molecular complexity index is 560. The van der Waals surface area contributed by atoms with Crippen molar-refractivity contribution in [2.24, 2.45) is 0 Å². The Balaban J connectivity index is 2.17. The average Bonchev–Trinajstić information content (AvgIpc) is 2.55. The summed E-state index contributed by atoms with van der Waals surface area (Å²) in [6, 6.07) is -0.314. The molecule has 0 aliphatic carbocycles. The van der Waals surface area contributed by atoms with Gasteiger partial charge in [-0.15, -0.1) is 0 Å². The molecular formula is C17H28BNO5. The molecule has 1 saturated heterocycles. The Morgan fingerprint density at radius 1 is 1.25 bits per heavy atom. The predicted octanol–water partition coefficient (Wildman–Crippen LogP) is 3.10. The van der Waals surface area contributed by atoms with E-state index in [4.69, 9.17) is 14.0 Å². The number of carbonyl (C=O) groups is 2. The van der Waals surface area contributed by atoms with Crippen LogP contribution in [0.5, 0.6) is 0 Å². The summed E-state index contributed by atoms with van der Waals surface area (Å²) in [6.07, 6.45) is 1.32. The van der Waals surface area contributed by atoms with Crippen LogP contribution >= 0.6 is 0 Å². The molecule has 2 aliphatic heterocycles. The van der Waals surface area contributed by atoms with Gasteiger partial charge in [0.2, 0.25) is 0 Å². The zero-order valence-electron chi connectivity index (χ0n) is 15.9. The highest BCUT2D eigenvalue weighted by Crippen LogP contribution is 2.40. The summed E-state index contributed by atoms with van der Waals surface area (Å²) in [6.45, 7) is 15.0. The zero-order valence-corrected chi connectivity index (χ0v) is 15.9. The van der Waals surface area contributed by atoms with E-state index in [0.29, 0.717) is 6.42 Å². The van der Waals surface area contributed by atoms with Crippen LogP contribution in [0.3, 0.4) is 0 Å². The van der Waals surface area contributed by atoms with Crippen molar-refractivity contribution in [3.8, 4) is 0 Å². The molecule has 2 heterocycles. The largest absolute Gasteiger partial charge is 0.490 e. The second kappa shape index (κ2) is 5.88. The van der Waals surface area contributed by atoms with Gasteiger partial charge in [-0.05, 0) is 73.4 Å². The van der Waals surface area contributed by atoms with Gasteiger partial charge in [0.15, 0.2) is 0 Å². The quantitative estimate of drug-likeness (QED) is 0.688. The molecule has 1 fully saturated rings. The first-order chi connectivity index (χ1) is 10.7. The fourth-order valence-corrected chi connectivity index (χ4v) is 2.68. The first-order valence-corrected chi connectivity index (χ1v) is 8.36. The van der Waals surface area contributed by atoms with Gasteiger partial charge >= 0.3 is 13.2 Å². The summed E-state index contributed by atoms with van der Waals surface area (Å²) >= 11 is 0. The monoisotopic (exact) mass is 337 g/mol. The Hall–Kier alpha value is -1.34. The second-order valence-corrected chi connectivity index (χ2v) is 8.55. The minimum Gasteiger partial charge on any atom is -0.443 e. The van der Waals surface area contributed by atoms with Crippen LogP contribution in [-0.2, 0) is 18.8 Å². The van der Waals surface area contributed by atoms with E-state index in [-0.39, 0.29) is 6.04 Å². The second-order valence-electron chi connectivity index (χ2n) is 8.55. The van der Waals surface area contributed by atoms with E-state index in [2.05, 4.69) is 0 Å². The molecule has 0 aromatic rings. The highest BCUT2D eigenvalue weighted by atomic mass is 16.7. The Morgan fingerprint density at radius 3 is 2.17 bits per heavy atom. The fraction of sp³-hybridized carbons (Fsp3) is 0.765. The highest BCUT2D eigenvalue weighted by Gasteiger charge is 2.53. The van der Waals surface area contributed by atoms with Crippen LogP contribution in [0.4, 0.5) is 4.79 Å². The van der Waals surface area contributed by atoms with Gasteiger partial charge in [0.25, 0.3) is 5.91 Å². The molecule has 2 amide bonds. The molecule has 0 unspecified atom stereocenters. The smallest absolute Gasteiger partial charge is 0.443 e. The summed E-state index contributed by atoms with van der Waals surface area (Å²) in [5, 5.41) is 0. The standard InChI is InChI=1S/C17H28BNO5/c1-11-9-12(18-23-16(5,6)17(7,8)24-18)10-13(20)19(11)14(21)22-15(2,3)4/h10-11H,9H2,1-8H3/t11-/m1/s1. The van der Waals surface area contributed by atoms with Gasteiger partial charge in [-0.2, -0.15) is 0 Å². The number of nitrogens with zero attached hydrogens (tertiary/aromatic N) is 1. The predicted molar refractivity (Wildman–Crippen MR) is 91.3 cm³/mol. The highest BCUT2D eigenvalue weighted by molar-refractivity contribution is 6.55. The minimum absolute atomic E-state index is 0.314. The minimum atomic E-state index is -0.646. The van der Waals surface area contributed by atoms with Crippen molar-refractivity contribution in [2.45, 2.75) is 84.7 Å². The SMILES string of the molecule is C[C@@H]1CC(B2OC(C)(C)C(C)(C)O2)=CC(=O)N1C(=O)OC(C)(C)C. The Morgan fingerprint density at radius 2 is 1.75 bits per heavy atom. The molecule has 134 valence electrons. The van der Waals surface area contributed by atoms with Gasteiger partial charge in [-0.3, -0.25) is 4.79 Å². The van der Waals surface area contributed by atoms with E-state index in [1.54, 1.807) is 20.8 Å². The zero-order chi connectivity index (χ0) is 18.5. The lowest BCUT2D eigenvalue weighted by molar-refractivity contribution is -0.127. The summed E-state index contributed by atoms with van der Waals surface area (Å²) in [5.41, 5.74) is -0.821. The summed E-state index contributed by atoms with van der Waals surface area (Å²) in [4.78, 5) is 25.9. The maximum absolute atomic E-state index is 12.5. The third-order valence-corrected chi connectivity index (χ3v) is 4.66. The lowest BCUT2D eigenvalue weighted by Crippen LogP contribution is -2.48. The molecule has 0 bridgehead atoms. The van der Waals surface area contributed by atoms with Crippen LogP contribution < -0.4 is 0 Å². The lowest BCUT2D eigenvalue weighted by atomic mass is 9.73. The first kappa shape index (κ1) is 19.0. The maximum atomic E-state index is 12.5. The van der Waals surface area contributed by atoms with E-state index >= 15 is 0 Å². The van der Waals surface area contributed by atoms with E-state index in [1.807, 2.05) is 34.6 Å². The number of hydrogen-bond acceptors (Lipinski definition) is 5. The molecule has 0 spiro atoms. The van der Waals surface area contributed by atoms with E-state index in [0.717, 1.165) is 10.4 Å². The van der Waals surface area contributed by atoms with Crippen molar-refractivity contribution >= 4 is 19.1 Å². The molecule has 1 atom stereocenters. The molecule has 2 aliphatic rings. The number of hydrogen-bond donors (Lipinski definition) is 0. The van der Waals surface area contributed by atoms with Gasteiger partial charge in [0.1, 0.15) is 5.60 Å². The van der Waals surface area contributed by atoms with Crippen molar-refractivity contribution in [3.05, 3.63) is 11.5 Å². The lowest BCUT2D eigenvalue weighted by Gasteiger charge is -2.33. The topological polar surface area (TPSA) is 65.1 Å². The van der Waals surface area contributed by atoms with E-state index < -0.39 is 35.9 Å². The maximum Gasteiger partial charge on any atom is 0.490 e. The number of carbonyl (C=O) groups excluding carboxylic acids is 2. The molecule has 6 nitrogen and oxygen atoms in total. The fourth-order valence-electron chi connectivity index (χ4n) is 2.68. The molecule has 0 radical (unpaired) electrons. The van der Waals surface area contributed by atoms with Crippen LogP contribution in [0.25, 0.3) is 0 Å². The van der Waals surface area contributed by atoms with Crippen molar-refractivity contribution < 1.29 is 23.6 Å². The molecule has 0 N–H and O–H groups in total. The molecular weight excluding hydrogens is 309 g/mol. The van der Waals surface area contributed by atoms with Crippen LogP contribution in [0.15, 0.2) is 11.5 Å². The van der Waals surface area contributed by atoms with Crippen LogP contribution in [0.1, 0.15) is 61.8 Å². The van der Waals surface area contributed by atoms with E-state index in [9.17, 15) is 9.59 Å². The molecule has 24 heavy (non-hydrogen) atoms. The molecule has 0 aromatic heterocycles. The van der Waals surface area contributed by atoms with Gasteiger partial charge in [0.05, 0.1) is 11.2 Å². The third kappa shape index (κ3) is 3.67. The van der Waals surface area contributed by atoms with Crippen LogP contribution in [0, 0.1) is 0 Å². The first-order valence-electron chi connectivity index (χ1n) is 8.36. The van der Waals surface area contributed by atoms with E-state index in [1.165, 1.54) is 6.08 Å². The number of ether oxygens (including phenoxy) is 1. The molecule has 0 aromatic carbocycles.